The van der Waals surface area contributed by atoms with Crippen LogP contribution in [-0.2, 0) is 28.6 Å². The molecule has 0 N–H and O–H groups in total. The third-order valence-corrected chi connectivity index (χ3v) is 12.0. The van der Waals surface area contributed by atoms with Gasteiger partial charge in [0.1, 0.15) is 13.2 Å². The quantitative estimate of drug-likeness (QED) is 0.0263. The summed E-state index contributed by atoms with van der Waals surface area (Å²) >= 11 is 0. The van der Waals surface area contributed by atoms with Crippen LogP contribution in [0.5, 0.6) is 0 Å². The predicted molar refractivity (Wildman–Crippen MR) is 256 cm³/mol. The molecule has 1 atom stereocenters. The number of rotatable bonds is 49. The van der Waals surface area contributed by atoms with Crippen molar-refractivity contribution in [1.29, 1.82) is 0 Å². The van der Waals surface area contributed by atoms with E-state index < -0.39 is 6.10 Å². The maximum Gasteiger partial charge on any atom is 0.306 e. The molecule has 0 aromatic heterocycles. The van der Waals surface area contributed by atoms with Crippen molar-refractivity contribution in [1.82, 2.24) is 0 Å². The highest BCUT2D eigenvalue weighted by atomic mass is 16.6. The molecule has 60 heavy (non-hydrogen) atoms. The second kappa shape index (κ2) is 49.8. The zero-order chi connectivity index (χ0) is 43.7. The van der Waals surface area contributed by atoms with E-state index >= 15 is 0 Å². The topological polar surface area (TPSA) is 78.9 Å². The lowest BCUT2D eigenvalue weighted by Gasteiger charge is -2.18. The summed E-state index contributed by atoms with van der Waals surface area (Å²) in [4.78, 5) is 37.9. The van der Waals surface area contributed by atoms with Crippen LogP contribution < -0.4 is 0 Å². The van der Waals surface area contributed by atoms with Crippen LogP contribution in [0.25, 0.3) is 0 Å². The summed E-state index contributed by atoms with van der Waals surface area (Å²) in [6, 6.07) is 0. The molecule has 0 saturated heterocycles. The molecule has 6 heteroatoms. The molecular formula is C54H102O6. The minimum atomic E-state index is -0.767. The fraction of sp³-hybridized carbons (Fsp3) is 0.907. The fourth-order valence-corrected chi connectivity index (χ4v) is 7.97. The molecule has 0 bridgehead atoms. The molecule has 0 amide bonds. The minimum Gasteiger partial charge on any atom is -0.462 e. The average molecular weight is 847 g/mol. The molecule has 1 unspecified atom stereocenters. The Bertz CT molecular complexity index is 931. The van der Waals surface area contributed by atoms with E-state index in [1.807, 2.05) is 0 Å². The van der Waals surface area contributed by atoms with Gasteiger partial charge in [0.15, 0.2) is 6.10 Å². The first-order chi connectivity index (χ1) is 29.5. The summed E-state index contributed by atoms with van der Waals surface area (Å²) in [5, 5.41) is 0. The second-order valence-corrected chi connectivity index (χ2v) is 18.2. The number of hydrogen-bond donors (Lipinski definition) is 0. The molecule has 0 aliphatic carbocycles. The van der Waals surface area contributed by atoms with Crippen LogP contribution >= 0.6 is 0 Å². The molecule has 0 aliphatic rings. The molecular weight excluding hydrogens is 745 g/mol. The highest BCUT2D eigenvalue weighted by Crippen LogP contribution is 2.17. The zero-order valence-corrected chi connectivity index (χ0v) is 40.5. The van der Waals surface area contributed by atoms with Crippen molar-refractivity contribution in [3.63, 3.8) is 0 Å². The maximum atomic E-state index is 12.8. The first-order valence-corrected chi connectivity index (χ1v) is 26.7. The van der Waals surface area contributed by atoms with Crippen LogP contribution in [0.15, 0.2) is 12.2 Å². The summed E-state index contributed by atoms with van der Waals surface area (Å²) in [5.41, 5.74) is 0. The van der Waals surface area contributed by atoms with E-state index in [-0.39, 0.29) is 31.1 Å². The number of ether oxygens (including phenoxy) is 3. The first kappa shape index (κ1) is 58.1. The van der Waals surface area contributed by atoms with Crippen LogP contribution in [0.1, 0.15) is 297 Å². The molecule has 6 nitrogen and oxygen atoms in total. The Morgan fingerprint density at radius 1 is 0.317 bits per heavy atom. The van der Waals surface area contributed by atoms with E-state index in [1.165, 1.54) is 193 Å². The Kier molecular flexibility index (Phi) is 48.3. The average Bonchev–Trinajstić information content (AvgIpc) is 3.24. The normalized spacial score (nSPS) is 12.0. The SMILES string of the molecule is CCCCC/C=C\CCCCCCCC(=O)OC(COC(=O)CCCCCCCCCCCCC)COC(=O)CCCCCCCCCCCCCCCCCCCCC. The van der Waals surface area contributed by atoms with Crippen molar-refractivity contribution in [3.8, 4) is 0 Å². The smallest absolute Gasteiger partial charge is 0.306 e. The Balaban J connectivity index is 4.25. The van der Waals surface area contributed by atoms with Crippen molar-refractivity contribution in [3.05, 3.63) is 12.2 Å². The van der Waals surface area contributed by atoms with E-state index in [2.05, 4.69) is 32.9 Å². The minimum absolute atomic E-state index is 0.0681. The standard InChI is InChI=1S/C54H102O6/c1-4-7-10-13-16-19-22-24-25-26-27-28-29-30-33-35-38-41-44-47-53(56)59-50-51(49-58-52(55)46-43-40-37-34-31-21-18-15-12-9-6-3)60-54(57)48-45-42-39-36-32-23-20-17-14-11-8-5-2/h17,20,51H,4-16,18-19,21-50H2,1-3H3/b20-17-. The lowest BCUT2D eigenvalue weighted by Crippen LogP contribution is -2.30. The summed E-state index contributed by atoms with van der Waals surface area (Å²) in [5.74, 6) is -0.861. The summed E-state index contributed by atoms with van der Waals surface area (Å²) < 4.78 is 16.8. The van der Waals surface area contributed by atoms with E-state index in [1.54, 1.807) is 0 Å². The Hall–Kier alpha value is -1.85. The second-order valence-electron chi connectivity index (χ2n) is 18.2. The molecule has 0 heterocycles. The van der Waals surface area contributed by atoms with Gasteiger partial charge in [-0.25, -0.2) is 0 Å². The Labute approximate surface area is 373 Å². The van der Waals surface area contributed by atoms with Crippen molar-refractivity contribution in [2.24, 2.45) is 0 Å². The summed E-state index contributed by atoms with van der Waals surface area (Å²) in [7, 11) is 0. The number of unbranched alkanes of at least 4 members (excludes halogenated alkanes) is 36. The highest BCUT2D eigenvalue weighted by molar-refractivity contribution is 5.71. The first-order valence-electron chi connectivity index (χ1n) is 26.7. The molecule has 0 spiro atoms. The van der Waals surface area contributed by atoms with Crippen LogP contribution in [0.3, 0.4) is 0 Å². The van der Waals surface area contributed by atoms with Crippen LogP contribution in [0, 0.1) is 0 Å². The summed E-state index contributed by atoms with van der Waals surface area (Å²) in [6.45, 7) is 6.64. The molecule has 0 aromatic carbocycles. The lowest BCUT2D eigenvalue weighted by molar-refractivity contribution is -0.167. The van der Waals surface area contributed by atoms with Gasteiger partial charge >= 0.3 is 17.9 Å². The molecule has 0 aliphatic heterocycles. The van der Waals surface area contributed by atoms with Gasteiger partial charge in [0, 0.05) is 19.3 Å². The molecule has 0 fully saturated rings. The van der Waals surface area contributed by atoms with Crippen molar-refractivity contribution in [2.75, 3.05) is 13.2 Å². The molecule has 0 saturated carbocycles. The highest BCUT2D eigenvalue weighted by Gasteiger charge is 2.19. The zero-order valence-electron chi connectivity index (χ0n) is 40.5. The predicted octanol–water partition coefficient (Wildman–Crippen LogP) is 17.4. The van der Waals surface area contributed by atoms with Gasteiger partial charge in [-0.1, -0.05) is 245 Å². The van der Waals surface area contributed by atoms with Crippen molar-refractivity contribution >= 4 is 17.9 Å². The number of allylic oxidation sites excluding steroid dienone is 2. The number of carbonyl (C=O) groups is 3. The largest absolute Gasteiger partial charge is 0.462 e. The van der Waals surface area contributed by atoms with Crippen molar-refractivity contribution < 1.29 is 28.6 Å². The van der Waals surface area contributed by atoms with Crippen LogP contribution in [0.4, 0.5) is 0 Å². The Morgan fingerprint density at radius 2 is 0.550 bits per heavy atom. The molecule has 0 aromatic rings. The van der Waals surface area contributed by atoms with Gasteiger partial charge in [-0.2, -0.15) is 0 Å². The molecule has 0 radical (unpaired) electrons. The van der Waals surface area contributed by atoms with Crippen molar-refractivity contribution in [2.45, 2.75) is 303 Å². The third kappa shape index (κ3) is 47.2. The lowest BCUT2D eigenvalue weighted by atomic mass is 10.0. The van der Waals surface area contributed by atoms with E-state index in [0.717, 1.165) is 64.2 Å². The number of carbonyl (C=O) groups excluding carboxylic acids is 3. The van der Waals surface area contributed by atoms with Gasteiger partial charge in [0.25, 0.3) is 0 Å². The maximum absolute atomic E-state index is 12.8. The monoisotopic (exact) mass is 847 g/mol. The molecule has 354 valence electrons. The Morgan fingerprint density at radius 3 is 0.867 bits per heavy atom. The van der Waals surface area contributed by atoms with Gasteiger partial charge in [0.2, 0.25) is 0 Å². The van der Waals surface area contributed by atoms with Gasteiger partial charge in [-0.3, -0.25) is 14.4 Å². The molecule has 0 rings (SSSR count). The van der Waals surface area contributed by atoms with Gasteiger partial charge in [-0.05, 0) is 44.9 Å². The van der Waals surface area contributed by atoms with Gasteiger partial charge < -0.3 is 14.2 Å². The van der Waals surface area contributed by atoms with Crippen LogP contribution in [0.2, 0.25) is 0 Å². The van der Waals surface area contributed by atoms with E-state index in [0.29, 0.717) is 19.3 Å². The third-order valence-electron chi connectivity index (χ3n) is 12.0. The number of hydrogen-bond acceptors (Lipinski definition) is 6. The van der Waals surface area contributed by atoms with Gasteiger partial charge in [0.05, 0.1) is 0 Å². The van der Waals surface area contributed by atoms with E-state index in [9.17, 15) is 14.4 Å². The van der Waals surface area contributed by atoms with Gasteiger partial charge in [-0.15, -0.1) is 0 Å². The summed E-state index contributed by atoms with van der Waals surface area (Å²) in [6.07, 6.45) is 54.8. The van der Waals surface area contributed by atoms with E-state index in [4.69, 9.17) is 14.2 Å². The fourth-order valence-electron chi connectivity index (χ4n) is 7.97. The number of esters is 3. The van der Waals surface area contributed by atoms with Crippen LogP contribution in [-0.4, -0.2) is 37.2 Å².